The second-order valence-electron chi connectivity index (χ2n) is 4.14. The molecule has 3 heterocycles. The van der Waals surface area contributed by atoms with Crippen LogP contribution in [0.3, 0.4) is 0 Å². The highest BCUT2D eigenvalue weighted by atomic mass is 32.2. The van der Waals surface area contributed by atoms with Crippen LogP contribution < -0.4 is 0 Å². The Kier molecular flexibility index (Phi) is 3.61. The van der Waals surface area contributed by atoms with Crippen LogP contribution in [0.5, 0.6) is 0 Å². The number of pyridine rings is 1. The SMILES string of the molecule is O=C1O[C@H](Cc2ccccn2)C(=O)C1=C1SCCS1. The van der Waals surface area contributed by atoms with E-state index in [2.05, 4.69) is 4.98 Å². The van der Waals surface area contributed by atoms with E-state index < -0.39 is 12.1 Å². The summed E-state index contributed by atoms with van der Waals surface area (Å²) in [7, 11) is 0. The number of hydrogen-bond acceptors (Lipinski definition) is 6. The molecule has 2 aliphatic heterocycles. The van der Waals surface area contributed by atoms with E-state index in [0.29, 0.717) is 6.42 Å². The highest BCUT2D eigenvalue weighted by Gasteiger charge is 2.41. The average Bonchev–Trinajstić information content (AvgIpc) is 3.01. The van der Waals surface area contributed by atoms with Gasteiger partial charge in [0.2, 0.25) is 5.78 Å². The van der Waals surface area contributed by atoms with Crippen molar-refractivity contribution in [3.63, 3.8) is 0 Å². The molecule has 0 aromatic carbocycles. The molecule has 0 radical (unpaired) electrons. The largest absolute Gasteiger partial charge is 0.450 e. The van der Waals surface area contributed by atoms with Gasteiger partial charge in [-0.2, -0.15) is 0 Å². The fraction of sp³-hybridized carbons (Fsp3) is 0.308. The molecular weight excluding hydrogens is 282 g/mol. The number of carbonyl (C=O) groups is 2. The molecule has 2 aliphatic rings. The Balaban J connectivity index is 1.81. The summed E-state index contributed by atoms with van der Waals surface area (Å²) in [6.07, 6.45) is 1.29. The number of carbonyl (C=O) groups excluding carboxylic acids is 2. The highest BCUT2D eigenvalue weighted by Crippen LogP contribution is 2.41. The van der Waals surface area contributed by atoms with Gasteiger partial charge >= 0.3 is 5.97 Å². The quantitative estimate of drug-likeness (QED) is 0.471. The van der Waals surface area contributed by atoms with Crippen molar-refractivity contribution in [2.45, 2.75) is 12.5 Å². The number of thioether (sulfide) groups is 2. The molecule has 1 atom stereocenters. The monoisotopic (exact) mass is 293 g/mol. The number of Topliss-reactive ketones (excluding diaryl/α,β-unsaturated/α-hetero) is 1. The third-order valence-electron chi connectivity index (χ3n) is 2.87. The Labute approximate surface area is 119 Å². The van der Waals surface area contributed by atoms with Crippen molar-refractivity contribution in [2.75, 3.05) is 11.5 Å². The Morgan fingerprint density at radius 2 is 2.05 bits per heavy atom. The zero-order valence-corrected chi connectivity index (χ0v) is 11.6. The predicted molar refractivity (Wildman–Crippen MR) is 74.8 cm³/mol. The van der Waals surface area contributed by atoms with Crippen molar-refractivity contribution in [2.24, 2.45) is 0 Å². The topological polar surface area (TPSA) is 56.3 Å². The Bertz CT molecular complexity index is 548. The van der Waals surface area contributed by atoms with E-state index in [4.69, 9.17) is 4.74 Å². The Hall–Kier alpha value is -1.27. The first-order valence-corrected chi connectivity index (χ1v) is 7.88. The molecule has 98 valence electrons. The van der Waals surface area contributed by atoms with E-state index in [1.165, 1.54) is 0 Å². The zero-order chi connectivity index (χ0) is 13.2. The molecule has 6 heteroatoms. The standard InChI is InChI=1S/C13H11NO3S2/c15-11-9(7-8-3-1-2-4-14-8)17-12(16)10(11)13-18-5-6-19-13/h1-4,9H,5-7H2/t9-/m1/s1. The molecule has 2 fully saturated rings. The number of nitrogens with zero attached hydrogens (tertiary/aromatic N) is 1. The van der Waals surface area contributed by atoms with Crippen LogP contribution in [0.2, 0.25) is 0 Å². The van der Waals surface area contributed by atoms with Crippen molar-refractivity contribution in [3.8, 4) is 0 Å². The lowest BCUT2D eigenvalue weighted by Crippen LogP contribution is -2.19. The number of ether oxygens (including phenoxy) is 1. The van der Waals surface area contributed by atoms with E-state index in [1.54, 1.807) is 29.7 Å². The molecule has 2 saturated heterocycles. The van der Waals surface area contributed by atoms with Crippen LogP contribution >= 0.6 is 23.5 Å². The molecule has 1 aromatic heterocycles. The molecule has 0 bridgehead atoms. The van der Waals surface area contributed by atoms with Gasteiger partial charge in [-0.1, -0.05) is 6.07 Å². The van der Waals surface area contributed by atoms with Gasteiger partial charge in [0, 0.05) is 29.8 Å². The van der Waals surface area contributed by atoms with Crippen molar-refractivity contribution in [3.05, 3.63) is 39.9 Å². The average molecular weight is 293 g/mol. The molecule has 0 amide bonds. The minimum Gasteiger partial charge on any atom is -0.450 e. The second kappa shape index (κ2) is 5.38. The van der Waals surface area contributed by atoms with Gasteiger partial charge in [0.05, 0.1) is 4.24 Å². The summed E-state index contributed by atoms with van der Waals surface area (Å²) in [5, 5.41) is 0. The van der Waals surface area contributed by atoms with Gasteiger partial charge < -0.3 is 4.74 Å². The number of aromatic nitrogens is 1. The number of esters is 1. The van der Waals surface area contributed by atoms with E-state index in [0.717, 1.165) is 21.4 Å². The summed E-state index contributed by atoms with van der Waals surface area (Å²) in [6, 6.07) is 5.49. The maximum Gasteiger partial charge on any atom is 0.344 e. The number of rotatable bonds is 2. The first-order chi connectivity index (χ1) is 9.25. The van der Waals surface area contributed by atoms with E-state index in [-0.39, 0.29) is 11.4 Å². The van der Waals surface area contributed by atoms with Gasteiger partial charge in [0.15, 0.2) is 6.10 Å². The van der Waals surface area contributed by atoms with Crippen LogP contribution in [-0.2, 0) is 20.7 Å². The normalized spacial score (nSPS) is 23.1. The molecule has 19 heavy (non-hydrogen) atoms. The smallest absolute Gasteiger partial charge is 0.344 e. The van der Waals surface area contributed by atoms with Gasteiger partial charge in [-0.15, -0.1) is 23.5 Å². The predicted octanol–water partition coefficient (Wildman–Crippen LogP) is 1.81. The van der Waals surface area contributed by atoms with Gasteiger partial charge in [0.1, 0.15) is 5.57 Å². The Morgan fingerprint density at radius 1 is 1.26 bits per heavy atom. The molecule has 4 nitrogen and oxygen atoms in total. The molecule has 0 N–H and O–H groups in total. The van der Waals surface area contributed by atoms with Crippen molar-refractivity contribution in [1.29, 1.82) is 0 Å². The summed E-state index contributed by atoms with van der Waals surface area (Å²) in [4.78, 5) is 28.2. The first kappa shape index (κ1) is 12.7. The third kappa shape index (κ3) is 2.55. The summed E-state index contributed by atoms with van der Waals surface area (Å²) in [6.45, 7) is 0. The van der Waals surface area contributed by atoms with E-state index in [9.17, 15) is 9.59 Å². The van der Waals surface area contributed by atoms with Crippen LogP contribution in [0.4, 0.5) is 0 Å². The fourth-order valence-electron chi connectivity index (χ4n) is 1.99. The van der Waals surface area contributed by atoms with Crippen molar-refractivity contribution >= 4 is 35.3 Å². The minimum absolute atomic E-state index is 0.201. The van der Waals surface area contributed by atoms with Crippen molar-refractivity contribution in [1.82, 2.24) is 4.98 Å². The molecule has 0 aliphatic carbocycles. The maximum atomic E-state index is 12.2. The van der Waals surface area contributed by atoms with Gasteiger partial charge in [0.25, 0.3) is 0 Å². The van der Waals surface area contributed by atoms with Gasteiger partial charge in [-0.3, -0.25) is 9.78 Å². The lowest BCUT2D eigenvalue weighted by atomic mass is 10.1. The zero-order valence-electron chi connectivity index (χ0n) is 10.00. The number of hydrogen-bond donors (Lipinski definition) is 0. The van der Waals surface area contributed by atoms with Crippen LogP contribution in [0, 0.1) is 0 Å². The van der Waals surface area contributed by atoms with Gasteiger partial charge in [-0.25, -0.2) is 4.79 Å². The maximum absolute atomic E-state index is 12.2. The molecule has 1 aromatic rings. The first-order valence-electron chi connectivity index (χ1n) is 5.90. The summed E-state index contributed by atoms with van der Waals surface area (Å²) in [5.74, 6) is 1.19. The third-order valence-corrected chi connectivity index (χ3v) is 5.58. The second-order valence-corrected chi connectivity index (χ2v) is 6.61. The molecule has 3 rings (SSSR count). The lowest BCUT2D eigenvalue weighted by Gasteiger charge is -2.05. The minimum atomic E-state index is -0.716. The summed E-state index contributed by atoms with van der Waals surface area (Å²) < 4.78 is 6.01. The lowest BCUT2D eigenvalue weighted by molar-refractivity contribution is -0.140. The van der Waals surface area contributed by atoms with Gasteiger partial charge in [-0.05, 0) is 12.1 Å². The van der Waals surface area contributed by atoms with Crippen LogP contribution in [0.1, 0.15) is 5.69 Å². The summed E-state index contributed by atoms with van der Waals surface area (Å²) >= 11 is 3.12. The number of ketones is 1. The van der Waals surface area contributed by atoms with Crippen LogP contribution in [0.15, 0.2) is 34.2 Å². The molecule has 0 unspecified atom stereocenters. The van der Waals surface area contributed by atoms with Crippen molar-refractivity contribution < 1.29 is 14.3 Å². The molecular formula is C13H11NO3S2. The fourth-order valence-corrected chi connectivity index (χ4v) is 4.51. The van der Waals surface area contributed by atoms with Crippen LogP contribution in [0.25, 0.3) is 0 Å². The summed E-state index contributed by atoms with van der Waals surface area (Å²) in [5.41, 5.74) is 1.00. The van der Waals surface area contributed by atoms with Crippen LogP contribution in [-0.4, -0.2) is 34.3 Å². The number of cyclic esters (lactones) is 1. The van der Waals surface area contributed by atoms with E-state index >= 15 is 0 Å². The molecule has 0 saturated carbocycles. The highest BCUT2D eigenvalue weighted by molar-refractivity contribution is 8.25. The molecule has 0 spiro atoms. The Morgan fingerprint density at radius 3 is 2.74 bits per heavy atom. The van der Waals surface area contributed by atoms with E-state index in [1.807, 2.05) is 18.2 Å².